The molecule has 3 aromatic rings. The van der Waals surface area contributed by atoms with Crippen LogP contribution in [0, 0.1) is 12.8 Å². The van der Waals surface area contributed by atoms with Crippen molar-refractivity contribution in [1.29, 1.82) is 0 Å². The predicted molar refractivity (Wildman–Crippen MR) is 109 cm³/mol. The quantitative estimate of drug-likeness (QED) is 0.634. The lowest BCUT2D eigenvalue weighted by Gasteiger charge is -2.31. The van der Waals surface area contributed by atoms with Gasteiger partial charge in [-0.2, -0.15) is 0 Å². The molecule has 1 aliphatic heterocycles. The van der Waals surface area contributed by atoms with E-state index in [-0.39, 0.29) is 5.92 Å². The van der Waals surface area contributed by atoms with Crippen LogP contribution in [0.3, 0.4) is 0 Å². The number of nitrogens with zero attached hydrogens (tertiary/aromatic N) is 4. The zero-order valence-electron chi connectivity index (χ0n) is 15.6. The Morgan fingerprint density at radius 3 is 2.75 bits per heavy atom. The maximum Gasteiger partial charge on any atom is 0.306 e. The van der Waals surface area contributed by atoms with Crippen LogP contribution in [-0.2, 0) is 4.79 Å². The SMILES string of the molecule is Cc1ccc2cccc(Nc3ncnc(N4CCC(C(=O)O)CC4)c3N)c2n1. The number of rotatable bonds is 4. The maximum absolute atomic E-state index is 11.2. The lowest BCUT2D eigenvalue weighted by Crippen LogP contribution is -2.37. The normalized spacial score (nSPS) is 15.0. The zero-order chi connectivity index (χ0) is 19.7. The van der Waals surface area contributed by atoms with Crippen LogP contribution in [0.2, 0.25) is 0 Å². The number of piperidine rings is 1. The van der Waals surface area contributed by atoms with Crippen LogP contribution in [0.15, 0.2) is 36.7 Å². The summed E-state index contributed by atoms with van der Waals surface area (Å²) in [6, 6.07) is 9.91. The number of nitrogens with two attached hydrogens (primary N) is 1. The molecule has 4 rings (SSSR count). The standard InChI is InChI=1S/C20H22N6O2/c1-12-5-6-13-3-2-4-15(17(13)24-12)25-18-16(21)19(23-11-22-18)26-9-7-14(8-10-26)20(27)28/h2-6,11,14H,7-10,21H2,1H3,(H,27,28)(H,22,23,25). The van der Waals surface area contributed by atoms with E-state index in [0.717, 1.165) is 22.3 Å². The molecule has 28 heavy (non-hydrogen) atoms. The van der Waals surface area contributed by atoms with Crippen molar-refractivity contribution in [1.82, 2.24) is 15.0 Å². The highest BCUT2D eigenvalue weighted by atomic mass is 16.4. The number of nitrogens with one attached hydrogen (secondary N) is 1. The van der Waals surface area contributed by atoms with Crippen molar-refractivity contribution in [3.63, 3.8) is 0 Å². The van der Waals surface area contributed by atoms with Gasteiger partial charge in [0, 0.05) is 24.2 Å². The highest BCUT2D eigenvalue weighted by Crippen LogP contribution is 2.32. The Hall–Kier alpha value is -3.42. The van der Waals surface area contributed by atoms with Crippen molar-refractivity contribution in [3.05, 3.63) is 42.4 Å². The van der Waals surface area contributed by atoms with Gasteiger partial charge in [0.15, 0.2) is 11.6 Å². The van der Waals surface area contributed by atoms with Crippen LogP contribution in [0.4, 0.5) is 23.0 Å². The van der Waals surface area contributed by atoms with E-state index in [1.54, 1.807) is 0 Å². The van der Waals surface area contributed by atoms with E-state index in [9.17, 15) is 9.90 Å². The molecule has 0 atom stereocenters. The number of carboxylic acids is 1. The fourth-order valence-electron chi connectivity index (χ4n) is 3.55. The van der Waals surface area contributed by atoms with Crippen molar-refractivity contribution < 1.29 is 9.90 Å². The molecule has 4 N–H and O–H groups in total. The maximum atomic E-state index is 11.2. The van der Waals surface area contributed by atoms with Gasteiger partial charge in [0.05, 0.1) is 17.1 Å². The fourth-order valence-corrected chi connectivity index (χ4v) is 3.55. The molecule has 1 aliphatic rings. The second-order valence-electron chi connectivity index (χ2n) is 7.01. The Balaban J connectivity index is 1.62. The minimum Gasteiger partial charge on any atom is -0.481 e. The monoisotopic (exact) mass is 378 g/mol. The molecule has 0 bridgehead atoms. The Kier molecular flexibility index (Phi) is 4.68. The molecule has 0 unspecified atom stereocenters. The lowest BCUT2D eigenvalue weighted by molar-refractivity contribution is -0.142. The predicted octanol–water partition coefficient (Wildman–Crippen LogP) is 2.96. The number of fused-ring (bicyclic) bond motifs is 1. The molecule has 1 aromatic carbocycles. The van der Waals surface area contributed by atoms with Gasteiger partial charge in [-0.05, 0) is 31.9 Å². The smallest absolute Gasteiger partial charge is 0.306 e. The number of hydrogen-bond acceptors (Lipinski definition) is 7. The van der Waals surface area contributed by atoms with Gasteiger partial charge < -0.3 is 21.1 Å². The van der Waals surface area contributed by atoms with Gasteiger partial charge in [-0.3, -0.25) is 9.78 Å². The summed E-state index contributed by atoms with van der Waals surface area (Å²) < 4.78 is 0. The summed E-state index contributed by atoms with van der Waals surface area (Å²) in [6.45, 7) is 3.16. The van der Waals surface area contributed by atoms with Crippen LogP contribution < -0.4 is 16.0 Å². The van der Waals surface area contributed by atoms with Crippen molar-refractivity contribution in [3.8, 4) is 0 Å². The molecule has 0 aliphatic carbocycles. The summed E-state index contributed by atoms with van der Waals surface area (Å²) in [5, 5.41) is 13.5. The van der Waals surface area contributed by atoms with Gasteiger partial charge in [0.25, 0.3) is 0 Å². The second kappa shape index (κ2) is 7.30. The second-order valence-corrected chi connectivity index (χ2v) is 7.01. The van der Waals surface area contributed by atoms with Crippen molar-refractivity contribution in [2.45, 2.75) is 19.8 Å². The first kappa shape index (κ1) is 18.0. The molecule has 144 valence electrons. The number of aliphatic carboxylic acids is 1. The van der Waals surface area contributed by atoms with Crippen molar-refractivity contribution in [2.75, 3.05) is 29.0 Å². The Labute approximate surface area is 162 Å². The van der Waals surface area contributed by atoms with Gasteiger partial charge in [-0.15, -0.1) is 0 Å². The van der Waals surface area contributed by atoms with Crippen LogP contribution >= 0.6 is 0 Å². The number of carboxylic acid groups (broad SMARTS) is 1. The van der Waals surface area contributed by atoms with Gasteiger partial charge in [-0.25, -0.2) is 9.97 Å². The van der Waals surface area contributed by atoms with Crippen molar-refractivity contribution in [2.24, 2.45) is 5.92 Å². The number of aromatic nitrogens is 3. The van der Waals surface area contributed by atoms with Crippen LogP contribution in [0.1, 0.15) is 18.5 Å². The van der Waals surface area contributed by atoms with E-state index in [1.165, 1.54) is 6.33 Å². The molecule has 8 heteroatoms. The molecule has 0 saturated carbocycles. The first-order valence-electron chi connectivity index (χ1n) is 9.24. The summed E-state index contributed by atoms with van der Waals surface area (Å²) in [6.07, 6.45) is 2.63. The van der Waals surface area contributed by atoms with Crippen LogP contribution in [-0.4, -0.2) is 39.1 Å². The molecule has 1 saturated heterocycles. The number of para-hydroxylation sites is 1. The minimum atomic E-state index is -0.739. The molecule has 1 fully saturated rings. The summed E-state index contributed by atoms with van der Waals surface area (Å²) >= 11 is 0. The molecule has 0 spiro atoms. The zero-order valence-corrected chi connectivity index (χ0v) is 15.6. The van der Waals surface area contributed by atoms with Gasteiger partial charge in [-0.1, -0.05) is 18.2 Å². The highest BCUT2D eigenvalue weighted by Gasteiger charge is 2.26. The van der Waals surface area contributed by atoms with E-state index in [0.29, 0.717) is 43.3 Å². The third kappa shape index (κ3) is 3.40. The minimum absolute atomic E-state index is 0.304. The molecule has 2 aromatic heterocycles. The first-order valence-corrected chi connectivity index (χ1v) is 9.24. The van der Waals surface area contributed by atoms with E-state index in [2.05, 4.69) is 20.3 Å². The fraction of sp³-hybridized carbons (Fsp3) is 0.300. The van der Waals surface area contributed by atoms with Gasteiger partial charge in [0.1, 0.15) is 12.0 Å². The van der Waals surface area contributed by atoms with Crippen LogP contribution in [0.5, 0.6) is 0 Å². The van der Waals surface area contributed by atoms with E-state index < -0.39 is 5.97 Å². The third-order valence-corrected chi connectivity index (χ3v) is 5.12. The first-order chi connectivity index (χ1) is 13.5. The Morgan fingerprint density at radius 1 is 1.21 bits per heavy atom. The third-order valence-electron chi connectivity index (χ3n) is 5.12. The summed E-state index contributed by atoms with van der Waals surface area (Å²) in [5.74, 6) is 0.102. The highest BCUT2D eigenvalue weighted by molar-refractivity contribution is 5.93. The molecular formula is C20H22N6O2. The average Bonchev–Trinajstić information content (AvgIpc) is 2.70. The number of aryl methyl sites for hydroxylation is 1. The molecular weight excluding hydrogens is 356 g/mol. The number of pyridine rings is 1. The number of hydrogen-bond donors (Lipinski definition) is 3. The molecule has 0 amide bonds. The Bertz CT molecular complexity index is 1030. The van der Waals surface area contributed by atoms with E-state index in [4.69, 9.17) is 5.73 Å². The Morgan fingerprint density at radius 2 is 2.00 bits per heavy atom. The molecule has 0 radical (unpaired) electrons. The number of nitrogen functional groups attached to an aromatic ring is 1. The van der Waals surface area contributed by atoms with E-state index in [1.807, 2.05) is 42.2 Å². The van der Waals surface area contributed by atoms with E-state index >= 15 is 0 Å². The lowest BCUT2D eigenvalue weighted by atomic mass is 9.97. The van der Waals surface area contributed by atoms with Gasteiger partial charge in [0.2, 0.25) is 0 Å². The summed E-state index contributed by atoms with van der Waals surface area (Å²) in [5.41, 5.74) is 9.41. The van der Waals surface area contributed by atoms with Crippen molar-refractivity contribution >= 4 is 39.9 Å². The number of benzene rings is 1. The van der Waals surface area contributed by atoms with Crippen LogP contribution in [0.25, 0.3) is 10.9 Å². The molecule has 3 heterocycles. The largest absolute Gasteiger partial charge is 0.481 e. The van der Waals surface area contributed by atoms with Gasteiger partial charge >= 0.3 is 5.97 Å². The molecule has 8 nitrogen and oxygen atoms in total. The average molecular weight is 378 g/mol. The summed E-state index contributed by atoms with van der Waals surface area (Å²) in [4.78, 5) is 26.5. The number of anilines is 4. The summed E-state index contributed by atoms with van der Waals surface area (Å²) in [7, 11) is 0. The topological polar surface area (TPSA) is 117 Å². The number of carbonyl (C=O) groups is 1.